The van der Waals surface area contributed by atoms with Gasteiger partial charge in [0.05, 0.1) is 0 Å². The van der Waals surface area contributed by atoms with E-state index in [1.807, 2.05) is 33.8 Å². The molecule has 0 radical (unpaired) electrons. The van der Waals surface area contributed by atoms with Crippen LogP contribution in [0.5, 0.6) is 0 Å². The minimum absolute atomic E-state index is 0.0746. The molecule has 0 rings (SSSR count). The fourth-order valence-corrected chi connectivity index (χ4v) is 0.444. The molecule has 66 valence electrons. The van der Waals surface area contributed by atoms with Crippen LogP contribution in [0.3, 0.4) is 0 Å². The molecule has 0 aromatic rings. The highest BCUT2D eigenvalue weighted by atomic mass is 16.1. The number of amides is 1. The Labute approximate surface area is 69.7 Å². The maximum Gasteiger partial charge on any atom is 0.223 e. The van der Waals surface area contributed by atoms with Gasteiger partial charge in [-0.1, -0.05) is 25.5 Å². The Morgan fingerprint density at radius 1 is 1.45 bits per heavy atom. The van der Waals surface area contributed by atoms with Crippen LogP contribution in [-0.2, 0) is 4.79 Å². The fourth-order valence-electron chi connectivity index (χ4n) is 0.444. The maximum absolute atomic E-state index is 10.6. The number of allylic oxidation sites excluding steroid dienone is 1. The highest BCUT2D eigenvalue weighted by molar-refractivity contribution is 5.77. The molecule has 0 fully saturated rings. The summed E-state index contributed by atoms with van der Waals surface area (Å²) in [4.78, 5) is 10.6. The number of hydrogen-bond acceptors (Lipinski definition) is 1. The minimum atomic E-state index is 0.0746. The predicted molar refractivity (Wildman–Crippen MR) is 49.5 cm³/mol. The van der Waals surface area contributed by atoms with Crippen LogP contribution in [-0.4, -0.2) is 13.0 Å². The van der Waals surface area contributed by atoms with Crippen molar-refractivity contribution < 1.29 is 4.79 Å². The number of hydrogen-bond donors (Lipinski definition) is 1. The third-order valence-corrected chi connectivity index (χ3v) is 1.21. The summed E-state index contributed by atoms with van der Waals surface area (Å²) in [6.45, 7) is 7.87. The second-order valence-corrected chi connectivity index (χ2v) is 1.98. The third kappa shape index (κ3) is 9.21. The molecule has 0 spiro atoms. The molecule has 2 heteroatoms. The summed E-state index contributed by atoms with van der Waals surface area (Å²) >= 11 is 0. The van der Waals surface area contributed by atoms with Crippen molar-refractivity contribution in [3.05, 3.63) is 11.6 Å². The topological polar surface area (TPSA) is 29.1 Å². The Bertz CT molecular complexity index is 128. The van der Waals surface area contributed by atoms with Crippen molar-refractivity contribution in [3.63, 3.8) is 0 Å². The highest BCUT2D eigenvalue weighted by Crippen LogP contribution is 1.96. The first-order valence-corrected chi connectivity index (χ1v) is 4.03. The van der Waals surface area contributed by atoms with E-state index in [0.717, 1.165) is 5.57 Å². The summed E-state index contributed by atoms with van der Waals surface area (Å²) in [5, 5.41) is 2.55. The van der Waals surface area contributed by atoms with Crippen molar-refractivity contribution in [2.24, 2.45) is 0 Å². The molecule has 0 saturated carbocycles. The molecule has 11 heavy (non-hydrogen) atoms. The van der Waals surface area contributed by atoms with Gasteiger partial charge in [0.25, 0.3) is 0 Å². The second-order valence-electron chi connectivity index (χ2n) is 1.98. The first-order chi connectivity index (χ1) is 5.20. The summed E-state index contributed by atoms with van der Waals surface area (Å²) < 4.78 is 0. The van der Waals surface area contributed by atoms with Gasteiger partial charge in [0.2, 0.25) is 5.91 Å². The van der Waals surface area contributed by atoms with E-state index in [4.69, 9.17) is 0 Å². The third-order valence-electron chi connectivity index (χ3n) is 1.21. The zero-order chi connectivity index (χ0) is 9.28. The number of nitrogens with one attached hydrogen (secondary N) is 1. The molecule has 0 bridgehead atoms. The smallest absolute Gasteiger partial charge is 0.223 e. The van der Waals surface area contributed by atoms with Gasteiger partial charge in [-0.25, -0.2) is 0 Å². The van der Waals surface area contributed by atoms with E-state index in [-0.39, 0.29) is 5.91 Å². The number of carbonyl (C=O) groups excluding carboxylic acids is 1. The van der Waals surface area contributed by atoms with Crippen LogP contribution >= 0.6 is 0 Å². The van der Waals surface area contributed by atoms with E-state index < -0.39 is 0 Å². The lowest BCUT2D eigenvalue weighted by Gasteiger charge is -1.96. The molecule has 0 aromatic carbocycles. The van der Waals surface area contributed by atoms with Crippen LogP contribution in [0.15, 0.2) is 11.6 Å². The van der Waals surface area contributed by atoms with E-state index in [9.17, 15) is 4.79 Å². The summed E-state index contributed by atoms with van der Waals surface area (Å²) in [7, 11) is 1.64. The summed E-state index contributed by atoms with van der Waals surface area (Å²) in [5.41, 5.74) is 1.11. The molecule has 0 atom stereocenters. The standard InChI is InChI=1S/C7H13NO.C2H6/c1-4-6(2)5-7(9)8-3;1-2/h4H,5H2,1-3H3,(H,8,9);1-2H3/b6-4+;. The Hall–Kier alpha value is -0.790. The molecule has 0 aliphatic heterocycles. The molecule has 0 aromatic heterocycles. The van der Waals surface area contributed by atoms with Gasteiger partial charge >= 0.3 is 0 Å². The van der Waals surface area contributed by atoms with E-state index in [2.05, 4.69) is 5.32 Å². The van der Waals surface area contributed by atoms with Crippen molar-refractivity contribution in [1.29, 1.82) is 0 Å². The summed E-state index contributed by atoms with van der Waals surface area (Å²) in [6, 6.07) is 0. The lowest BCUT2D eigenvalue weighted by Crippen LogP contribution is -2.17. The molecule has 2 nitrogen and oxygen atoms in total. The molecule has 0 heterocycles. The van der Waals surface area contributed by atoms with Crippen LogP contribution in [0.2, 0.25) is 0 Å². The lowest BCUT2D eigenvalue weighted by molar-refractivity contribution is -0.119. The molecule has 0 aliphatic carbocycles. The Morgan fingerprint density at radius 3 is 2.18 bits per heavy atom. The van der Waals surface area contributed by atoms with Gasteiger partial charge in [0, 0.05) is 13.5 Å². The molecular weight excluding hydrogens is 138 g/mol. The van der Waals surface area contributed by atoms with Crippen molar-refractivity contribution in [1.82, 2.24) is 5.32 Å². The van der Waals surface area contributed by atoms with Crippen molar-refractivity contribution in [2.45, 2.75) is 34.1 Å². The zero-order valence-electron chi connectivity index (χ0n) is 8.19. The fraction of sp³-hybridized carbons (Fsp3) is 0.667. The first-order valence-electron chi connectivity index (χ1n) is 4.03. The highest BCUT2D eigenvalue weighted by Gasteiger charge is 1.95. The zero-order valence-corrected chi connectivity index (χ0v) is 8.19. The monoisotopic (exact) mass is 157 g/mol. The van der Waals surface area contributed by atoms with Crippen LogP contribution in [0.25, 0.3) is 0 Å². The van der Waals surface area contributed by atoms with E-state index in [0.29, 0.717) is 6.42 Å². The van der Waals surface area contributed by atoms with E-state index >= 15 is 0 Å². The van der Waals surface area contributed by atoms with E-state index in [1.54, 1.807) is 7.05 Å². The van der Waals surface area contributed by atoms with Gasteiger partial charge in [-0.05, 0) is 13.8 Å². The lowest BCUT2D eigenvalue weighted by atomic mass is 10.2. The second kappa shape index (κ2) is 9.21. The van der Waals surface area contributed by atoms with Gasteiger partial charge < -0.3 is 5.32 Å². The van der Waals surface area contributed by atoms with Gasteiger partial charge in [-0.15, -0.1) is 0 Å². The van der Waals surface area contributed by atoms with Crippen LogP contribution in [0, 0.1) is 0 Å². The van der Waals surface area contributed by atoms with Crippen LogP contribution < -0.4 is 5.32 Å². The quantitative estimate of drug-likeness (QED) is 0.611. The average Bonchev–Trinajstić information content (AvgIpc) is 2.07. The molecule has 1 N–H and O–H groups in total. The van der Waals surface area contributed by atoms with Crippen molar-refractivity contribution in [2.75, 3.05) is 7.05 Å². The van der Waals surface area contributed by atoms with Crippen molar-refractivity contribution in [3.8, 4) is 0 Å². The number of rotatable bonds is 2. The maximum atomic E-state index is 10.6. The Kier molecular flexibility index (Phi) is 10.8. The van der Waals surface area contributed by atoms with Gasteiger partial charge in [0.15, 0.2) is 0 Å². The molecule has 1 amide bonds. The predicted octanol–water partition coefficient (Wildman–Crippen LogP) is 2.11. The van der Waals surface area contributed by atoms with Crippen molar-refractivity contribution >= 4 is 5.91 Å². The van der Waals surface area contributed by atoms with Gasteiger partial charge in [-0.3, -0.25) is 4.79 Å². The van der Waals surface area contributed by atoms with E-state index in [1.165, 1.54) is 0 Å². The average molecular weight is 157 g/mol. The van der Waals surface area contributed by atoms with Crippen LogP contribution in [0.4, 0.5) is 0 Å². The normalized spacial score (nSPS) is 9.73. The SMILES string of the molecule is C/C=C(\C)CC(=O)NC.CC. The summed E-state index contributed by atoms with van der Waals surface area (Å²) in [6.07, 6.45) is 2.46. The van der Waals surface area contributed by atoms with Gasteiger partial charge in [-0.2, -0.15) is 0 Å². The largest absolute Gasteiger partial charge is 0.359 e. The Morgan fingerprint density at radius 2 is 1.91 bits per heavy atom. The molecular formula is C9H19NO. The first kappa shape index (κ1) is 12.8. The van der Waals surface area contributed by atoms with Gasteiger partial charge in [0.1, 0.15) is 0 Å². The van der Waals surface area contributed by atoms with Crippen LogP contribution in [0.1, 0.15) is 34.1 Å². The molecule has 0 aliphatic rings. The summed E-state index contributed by atoms with van der Waals surface area (Å²) in [5.74, 6) is 0.0746. The molecule has 0 unspecified atom stereocenters. The minimum Gasteiger partial charge on any atom is -0.359 e. The number of carbonyl (C=O) groups is 1. The Balaban J connectivity index is 0. The molecule has 0 saturated heterocycles.